The number of hydrogen-bond donors (Lipinski definition) is 2. The molecule has 4 rings (SSSR count). The molecule has 0 aromatic heterocycles. The second-order valence-corrected chi connectivity index (χ2v) is 10.1. The van der Waals surface area contributed by atoms with Crippen LogP contribution in [0, 0.1) is 5.82 Å². The molecule has 2 heterocycles. The van der Waals surface area contributed by atoms with E-state index in [9.17, 15) is 32.3 Å². The van der Waals surface area contributed by atoms with E-state index in [0.29, 0.717) is 24.9 Å². The largest absolute Gasteiger partial charge is 0.509 e. The highest BCUT2D eigenvalue weighted by Gasteiger charge is 2.52. The molecule has 12 heteroatoms. The Morgan fingerprint density at radius 3 is 2.63 bits per heavy atom. The Kier molecular flexibility index (Phi) is 6.75. The smallest absolute Gasteiger partial charge is 0.417 e. The summed E-state index contributed by atoms with van der Waals surface area (Å²) in [6.07, 6.45) is -3.62. The van der Waals surface area contributed by atoms with Crippen LogP contribution in [0.4, 0.5) is 23.2 Å². The summed E-state index contributed by atoms with van der Waals surface area (Å²) in [5, 5.41) is 16.2. The Morgan fingerprint density at radius 1 is 1.23 bits per heavy atom. The molecule has 2 aromatic rings. The molecule has 1 fully saturated rings. The van der Waals surface area contributed by atoms with Crippen molar-refractivity contribution in [3.63, 3.8) is 0 Å². The Morgan fingerprint density at radius 2 is 1.94 bits per heavy atom. The molecule has 0 bridgehead atoms. The molecule has 2 aromatic carbocycles. The molecule has 0 saturated carbocycles. The van der Waals surface area contributed by atoms with Crippen molar-refractivity contribution in [2.75, 3.05) is 11.9 Å². The van der Waals surface area contributed by atoms with Crippen LogP contribution in [0.15, 0.2) is 56.7 Å². The number of benzene rings is 2. The molecular weight excluding hydrogens is 602 g/mol. The van der Waals surface area contributed by atoms with Crippen molar-refractivity contribution in [1.82, 2.24) is 10.0 Å². The molecular formula is C23H19Br2F4N3O3. The van der Waals surface area contributed by atoms with E-state index in [1.54, 1.807) is 18.0 Å². The van der Waals surface area contributed by atoms with E-state index in [1.165, 1.54) is 23.2 Å². The van der Waals surface area contributed by atoms with Crippen LogP contribution in [-0.4, -0.2) is 39.0 Å². The summed E-state index contributed by atoms with van der Waals surface area (Å²) >= 11 is 6.01. The molecule has 1 saturated heterocycles. The van der Waals surface area contributed by atoms with Gasteiger partial charge >= 0.3 is 6.18 Å². The second-order valence-electron chi connectivity index (χ2n) is 8.45. The maximum absolute atomic E-state index is 14.1. The number of nitrogens with zero attached hydrogens (tertiary/aromatic N) is 2. The first kappa shape index (κ1) is 25.6. The van der Waals surface area contributed by atoms with Crippen LogP contribution in [0.1, 0.15) is 30.9 Å². The van der Waals surface area contributed by atoms with E-state index in [1.807, 2.05) is 0 Å². The molecule has 0 spiro atoms. The van der Waals surface area contributed by atoms with Gasteiger partial charge in [-0.1, -0.05) is 28.1 Å². The predicted molar refractivity (Wildman–Crippen MR) is 126 cm³/mol. The third-order valence-corrected chi connectivity index (χ3v) is 7.78. The van der Waals surface area contributed by atoms with Crippen molar-refractivity contribution >= 4 is 49.4 Å². The maximum atomic E-state index is 14.1. The molecule has 6 nitrogen and oxygen atoms in total. The number of hydrogen-bond acceptors (Lipinski definition) is 4. The first-order chi connectivity index (χ1) is 16.3. The fourth-order valence-electron chi connectivity index (χ4n) is 4.39. The van der Waals surface area contributed by atoms with Gasteiger partial charge in [0.1, 0.15) is 17.1 Å². The summed E-state index contributed by atoms with van der Waals surface area (Å²) in [7, 11) is 0. The molecule has 186 valence electrons. The van der Waals surface area contributed by atoms with Crippen molar-refractivity contribution < 1.29 is 32.3 Å². The second kappa shape index (κ2) is 9.21. The fraction of sp³-hybridized carbons (Fsp3) is 0.304. The van der Waals surface area contributed by atoms with E-state index < -0.39 is 46.2 Å². The average molecular weight is 621 g/mol. The zero-order valence-corrected chi connectivity index (χ0v) is 21.4. The third kappa shape index (κ3) is 4.58. The SMILES string of the molecule is C[C@]12CCCN1N(Cc1cccc(F)c1Br)C(=O)C(C(=O)Nc1ccc(Br)c(C(F)(F)F)c1)=C2O. The van der Waals surface area contributed by atoms with Gasteiger partial charge in [0.25, 0.3) is 11.8 Å². The van der Waals surface area contributed by atoms with Crippen molar-refractivity contribution in [1.29, 1.82) is 0 Å². The Balaban J connectivity index is 1.70. The minimum Gasteiger partial charge on any atom is -0.509 e. The molecule has 2 aliphatic heterocycles. The first-order valence-corrected chi connectivity index (χ1v) is 12.1. The standard InChI is InChI=1S/C23H19Br2F4N3O3/c1-22-8-3-9-32(22)31(11-12-4-2-5-16(26)18(12)25)21(35)17(19(22)33)20(34)30-13-6-7-15(24)14(10-13)23(27,28)29/h2,4-7,10,33H,3,8-9,11H2,1H3,(H,30,34)/t22-/m1/s1. The minimum atomic E-state index is -4.67. The van der Waals surface area contributed by atoms with Gasteiger partial charge in [-0.15, -0.1) is 0 Å². The van der Waals surface area contributed by atoms with E-state index in [-0.39, 0.29) is 21.2 Å². The Bertz CT molecular complexity index is 1250. The number of anilines is 1. The van der Waals surface area contributed by atoms with E-state index in [0.717, 1.165) is 12.1 Å². The van der Waals surface area contributed by atoms with Gasteiger partial charge in [-0.3, -0.25) is 14.6 Å². The van der Waals surface area contributed by atoms with Gasteiger partial charge in [0.2, 0.25) is 0 Å². The quantitative estimate of drug-likeness (QED) is 0.328. The molecule has 0 aliphatic carbocycles. The molecule has 2 N–H and O–H groups in total. The highest BCUT2D eigenvalue weighted by atomic mass is 79.9. The molecule has 0 radical (unpaired) electrons. The third-order valence-electron chi connectivity index (χ3n) is 6.20. The highest BCUT2D eigenvalue weighted by molar-refractivity contribution is 9.10. The van der Waals surface area contributed by atoms with Crippen molar-refractivity contribution in [3.8, 4) is 0 Å². The van der Waals surface area contributed by atoms with E-state index in [2.05, 4.69) is 37.2 Å². The number of aliphatic hydroxyl groups is 1. The average Bonchev–Trinajstić information content (AvgIpc) is 3.18. The number of rotatable bonds is 4. The van der Waals surface area contributed by atoms with Gasteiger partial charge in [0.05, 0.1) is 22.1 Å². The highest BCUT2D eigenvalue weighted by Crippen LogP contribution is 2.42. The van der Waals surface area contributed by atoms with Gasteiger partial charge in [-0.2, -0.15) is 13.2 Å². The zero-order chi connectivity index (χ0) is 25.7. The summed E-state index contributed by atoms with van der Waals surface area (Å²) in [6, 6.07) is 7.46. The molecule has 0 unspecified atom stereocenters. The van der Waals surface area contributed by atoms with Crippen LogP contribution in [0.2, 0.25) is 0 Å². The number of carbonyl (C=O) groups is 2. The van der Waals surface area contributed by atoms with Crippen molar-refractivity contribution in [2.24, 2.45) is 0 Å². The fourth-order valence-corrected chi connectivity index (χ4v) is 5.25. The molecule has 2 amide bonds. The number of halogens is 6. The first-order valence-electron chi connectivity index (χ1n) is 10.5. The maximum Gasteiger partial charge on any atom is 0.417 e. The number of carbonyl (C=O) groups excluding carboxylic acids is 2. The topological polar surface area (TPSA) is 72.9 Å². The van der Waals surface area contributed by atoms with Crippen LogP contribution in [0.25, 0.3) is 0 Å². The van der Waals surface area contributed by atoms with Crippen LogP contribution < -0.4 is 5.32 Å². The Hall–Kier alpha value is -2.44. The normalized spacial score (nSPS) is 20.9. The number of fused-ring (bicyclic) bond motifs is 1. The molecule has 2 aliphatic rings. The van der Waals surface area contributed by atoms with Gasteiger partial charge in [-0.25, -0.2) is 9.40 Å². The monoisotopic (exact) mass is 619 g/mol. The van der Waals surface area contributed by atoms with Crippen LogP contribution in [0.5, 0.6) is 0 Å². The van der Waals surface area contributed by atoms with Gasteiger partial charge < -0.3 is 10.4 Å². The zero-order valence-electron chi connectivity index (χ0n) is 18.2. The molecule has 1 atom stereocenters. The summed E-state index contributed by atoms with van der Waals surface area (Å²) in [6.45, 7) is 1.99. The number of amides is 2. The van der Waals surface area contributed by atoms with Crippen LogP contribution in [-0.2, 0) is 22.3 Å². The molecule has 35 heavy (non-hydrogen) atoms. The van der Waals surface area contributed by atoms with Crippen molar-refractivity contribution in [3.05, 3.63) is 73.6 Å². The minimum absolute atomic E-state index is 0.0899. The number of alkyl halides is 3. The number of nitrogens with one attached hydrogen (secondary N) is 1. The van der Waals surface area contributed by atoms with Crippen LogP contribution in [0.3, 0.4) is 0 Å². The summed E-state index contributed by atoms with van der Waals surface area (Å²) in [5.74, 6) is -2.87. The lowest BCUT2D eigenvalue weighted by Crippen LogP contribution is -2.60. The summed E-state index contributed by atoms with van der Waals surface area (Å²) in [4.78, 5) is 26.6. The predicted octanol–water partition coefficient (Wildman–Crippen LogP) is 5.93. The van der Waals surface area contributed by atoms with Gasteiger partial charge in [0, 0.05) is 16.7 Å². The summed E-state index contributed by atoms with van der Waals surface area (Å²) in [5.41, 5.74) is -2.42. The Labute approximate surface area is 214 Å². The van der Waals surface area contributed by atoms with Crippen LogP contribution >= 0.6 is 31.9 Å². The number of aliphatic hydroxyl groups excluding tert-OH is 1. The number of hydrazine groups is 1. The van der Waals surface area contributed by atoms with Gasteiger partial charge in [0.15, 0.2) is 0 Å². The van der Waals surface area contributed by atoms with E-state index >= 15 is 0 Å². The lowest BCUT2D eigenvalue weighted by Gasteiger charge is -2.46. The van der Waals surface area contributed by atoms with E-state index in [4.69, 9.17) is 0 Å². The van der Waals surface area contributed by atoms with Crippen molar-refractivity contribution in [2.45, 2.75) is 38.0 Å². The summed E-state index contributed by atoms with van der Waals surface area (Å²) < 4.78 is 53.8. The lowest BCUT2D eigenvalue weighted by atomic mass is 9.90. The van der Waals surface area contributed by atoms with Gasteiger partial charge in [-0.05, 0) is 65.5 Å². The lowest BCUT2D eigenvalue weighted by molar-refractivity contribution is -0.160.